The monoisotopic (exact) mass is 245 g/mol. The minimum absolute atomic E-state index is 0.475. The summed E-state index contributed by atoms with van der Waals surface area (Å²) >= 11 is 0. The molecule has 0 spiro atoms. The van der Waals surface area contributed by atoms with E-state index in [4.69, 9.17) is 14.2 Å². The SMILES string of the molecule is CCCNC1CC(OCCCOCCOC)C1. The first-order chi connectivity index (χ1) is 8.36. The van der Waals surface area contributed by atoms with Crippen LogP contribution in [0.5, 0.6) is 0 Å². The fourth-order valence-corrected chi connectivity index (χ4v) is 1.87. The van der Waals surface area contributed by atoms with Gasteiger partial charge in [0.15, 0.2) is 0 Å². The summed E-state index contributed by atoms with van der Waals surface area (Å²) in [6, 6.07) is 0.693. The lowest BCUT2D eigenvalue weighted by Crippen LogP contribution is -2.45. The van der Waals surface area contributed by atoms with Gasteiger partial charge in [-0.2, -0.15) is 0 Å². The highest BCUT2D eigenvalue weighted by molar-refractivity contribution is 4.85. The number of hydrogen-bond acceptors (Lipinski definition) is 4. The van der Waals surface area contributed by atoms with Gasteiger partial charge in [0.2, 0.25) is 0 Å². The molecule has 102 valence electrons. The Morgan fingerprint density at radius 2 is 1.94 bits per heavy atom. The molecule has 0 aromatic heterocycles. The molecule has 0 heterocycles. The molecule has 4 nitrogen and oxygen atoms in total. The lowest BCUT2D eigenvalue weighted by molar-refractivity contribution is -0.0265. The van der Waals surface area contributed by atoms with Crippen molar-refractivity contribution in [2.24, 2.45) is 0 Å². The van der Waals surface area contributed by atoms with Gasteiger partial charge in [-0.3, -0.25) is 0 Å². The summed E-state index contributed by atoms with van der Waals surface area (Å²) in [5.74, 6) is 0. The van der Waals surface area contributed by atoms with Crippen molar-refractivity contribution in [2.45, 2.75) is 44.8 Å². The average Bonchev–Trinajstić information content (AvgIpc) is 2.29. The van der Waals surface area contributed by atoms with E-state index in [0.717, 1.165) is 26.2 Å². The summed E-state index contributed by atoms with van der Waals surface area (Å²) in [6.07, 6.45) is 5.01. The van der Waals surface area contributed by atoms with Gasteiger partial charge in [-0.05, 0) is 32.2 Å². The van der Waals surface area contributed by atoms with Gasteiger partial charge in [-0.25, -0.2) is 0 Å². The van der Waals surface area contributed by atoms with Gasteiger partial charge in [0.25, 0.3) is 0 Å². The van der Waals surface area contributed by atoms with Crippen LogP contribution in [0.25, 0.3) is 0 Å². The summed E-state index contributed by atoms with van der Waals surface area (Å²) in [6.45, 7) is 6.27. The lowest BCUT2D eigenvalue weighted by Gasteiger charge is -2.35. The van der Waals surface area contributed by atoms with Gasteiger partial charge >= 0.3 is 0 Å². The summed E-state index contributed by atoms with van der Waals surface area (Å²) in [4.78, 5) is 0. The van der Waals surface area contributed by atoms with E-state index in [2.05, 4.69) is 12.2 Å². The van der Waals surface area contributed by atoms with Crippen molar-refractivity contribution in [3.63, 3.8) is 0 Å². The third kappa shape index (κ3) is 6.99. The molecule has 0 saturated heterocycles. The van der Waals surface area contributed by atoms with E-state index in [0.29, 0.717) is 25.4 Å². The Labute approximate surface area is 105 Å². The number of methoxy groups -OCH3 is 1. The maximum atomic E-state index is 5.74. The van der Waals surface area contributed by atoms with Crippen LogP contribution in [-0.2, 0) is 14.2 Å². The molecule has 17 heavy (non-hydrogen) atoms. The van der Waals surface area contributed by atoms with Crippen molar-refractivity contribution in [2.75, 3.05) is 40.1 Å². The molecule has 0 bridgehead atoms. The second-order valence-electron chi connectivity index (χ2n) is 4.57. The Morgan fingerprint density at radius 1 is 1.12 bits per heavy atom. The molecular weight excluding hydrogens is 218 g/mol. The molecule has 0 aliphatic heterocycles. The first-order valence-electron chi connectivity index (χ1n) is 6.78. The van der Waals surface area contributed by atoms with Crippen LogP contribution in [0.2, 0.25) is 0 Å². The van der Waals surface area contributed by atoms with E-state index >= 15 is 0 Å². The first kappa shape index (κ1) is 14.9. The second kappa shape index (κ2) is 9.83. The van der Waals surface area contributed by atoms with Crippen molar-refractivity contribution in [1.82, 2.24) is 5.32 Å². The molecule has 1 fully saturated rings. The second-order valence-corrected chi connectivity index (χ2v) is 4.57. The van der Waals surface area contributed by atoms with E-state index in [1.165, 1.54) is 19.3 Å². The largest absolute Gasteiger partial charge is 0.382 e. The van der Waals surface area contributed by atoms with Crippen molar-refractivity contribution in [1.29, 1.82) is 0 Å². The first-order valence-corrected chi connectivity index (χ1v) is 6.78. The molecule has 1 N–H and O–H groups in total. The summed E-state index contributed by atoms with van der Waals surface area (Å²) in [7, 11) is 1.69. The zero-order chi connectivity index (χ0) is 12.3. The van der Waals surface area contributed by atoms with Crippen LogP contribution >= 0.6 is 0 Å². The molecule has 1 rings (SSSR count). The van der Waals surface area contributed by atoms with Gasteiger partial charge < -0.3 is 19.5 Å². The highest BCUT2D eigenvalue weighted by Gasteiger charge is 2.28. The molecule has 0 unspecified atom stereocenters. The minimum atomic E-state index is 0.475. The van der Waals surface area contributed by atoms with E-state index in [9.17, 15) is 0 Å². The Morgan fingerprint density at radius 3 is 2.65 bits per heavy atom. The normalized spacial score (nSPS) is 23.6. The predicted octanol–water partition coefficient (Wildman–Crippen LogP) is 1.59. The molecule has 0 aromatic carbocycles. The lowest BCUT2D eigenvalue weighted by atomic mass is 9.89. The highest BCUT2D eigenvalue weighted by atomic mass is 16.5. The van der Waals surface area contributed by atoms with Crippen LogP contribution in [-0.4, -0.2) is 52.2 Å². The van der Waals surface area contributed by atoms with Crippen molar-refractivity contribution < 1.29 is 14.2 Å². The molecule has 4 heteroatoms. The maximum absolute atomic E-state index is 5.74. The van der Waals surface area contributed by atoms with Crippen molar-refractivity contribution >= 4 is 0 Å². The summed E-state index contributed by atoms with van der Waals surface area (Å²) in [5, 5.41) is 3.50. The molecule has 0 radical (unpaired) electrons. The zero-order valence-corrected chi connectivity index (χ0v) is 11.2. The molecule has 0 amide bonds. The molecule has 0 aromatic rings. The minimum Gasteiger partial charge on any atom is -0.382 e. The van der Waals surface area contributed by atoms with Gasteiger partial charge in [0.05, 0.1) is 19.3 Å². The van der Waals surface area contributed by atoms with E-state index in [-0.39, 0.29) is 0 Å². The molecule has 0 atom stereocenters. The molecule has 1 aliphatic carbocycles. The van der Waals surface area contributed by atoms with E-state index in [1.807, 2.05) is 0 Å². The smallest absolute Gasteiger partial charge is 0.0700 e. The Balaban J connectivity index is 1.77. The van der Waals surface area contributed by atoms with Gasteiger partial charge in [-0.1, -0.05) is 6.92 Å². The van der Waals surface area contributed by atoms with Crippen LogP contribution in [0.4, 0.5) is 0 Å². The fraction of sp³-hybridized carbons (Fsp3) is 1.00. The number of rotatable bonds is 11. The van der Waals surface area contributed by atoms with Crippen LogP contribution < -0.4 is 5.32 Å². The highest BCUT2D eigenvalue weighted by Crippen LogP contribution is 2.23. The summed E-state index contributed by atoms with van der Waals surface area (Å²) in [5.41, 5.74) is 0. The maximum Gasteiger partial charge on any atom is 0.0700 e. The quantitative estimate of drug-likeness (QED) is 0.561. The third-order valence-corrected chi connectivity index (χ3v) is 3.00. The topological polar surface area (TPSA) is 39.7 Å². The zero-order valence-electron chi connectivity index (χ0n) is 11.2. The number of hydrogen-bond donors (Lipinski definition) is 1. The van der Waals surface area contributed by atoms with Gasteiger partial charge in [-0.15, -0.1) is 0 Å². The Kier molecular flexibility index (Phi) is 8.61. The predicted molar refractivity (Wildman–Crippen MR) is 68.4 cm³/mol. The standard InChI is InChI=1S/C13H27NO3/c1-3-5-14-12-10-13(11-12)17-7-4-6-16-9-8-15-2/h12-14H,3-11H2,1-2H3. The Hall–Kier alpha value is -0.160. The fourth-order valence-electron chi connectivity index (χ4n) is 1.87. The van der Waals surface area contributed by atoms with E-state index in [1.54, 1.807) is 7.11 Å². The number of ether oxygens (including phenoxy) is 3. The van der Waals surface area contributed by atoms with Crippen LogP contribution in [0.3, 0.4) is 0 Å². The third-order valence-electron chi connectivity index (χ3n) is 3.00. The molecule has 1 aliphatic rings. The van der Waals surface area contributed by atoms with Crippen molar-refractivity contribution in [3.05, 3.63) is 0 Å². The molecule has 1 saturated carbocycles. The average molecular weight is 245 g/mol. The molecular formula is C13H27NO3. The van der Waals surface area contributed by atoms with Crippen molar-refractivity contribution in [3.8, 4) is 0 Å². The van der Waals surface area contributed by atoms with Crippen LogP contribution in [0.1, 0.15) is 32.6 Å². The van der Waals surface area contributed by atoms with Gasteiger partial charge in [0.1, 0.15) is 0 Å². The van der Waals surface area contributed by atoms with Crippen LogP contribution in [0.15, 0.2) is 0 Å². The van der Waals surface area contributed by atoms with E-state index < -0.39 is 0 Å². The van der Waals surface area contributed by atoms with Gasteiger partial charge in [0, 0.05) is 26.4 Å². The number of nitrogens with one attached hydrogen (secondary N) is 1. The van der Waals surface area contributed by atoms with Crippen LogP contribution in [0, 0.1) is 0 Å². The Bertz CT molecular complexity index is 172. The summed E-state index contributed by atoms with van der Waals surface area (Å²) < 4.78 is 16.0.